The fraction of sp³-hybridized carbons (Fsp3) is 0.464. The Bertz CT molecular complexity index is 1040. The highest BCUT2D eigenvalue weighted by Crippen LogP contribution is 2.33. The predicted molar refractivity (Wildman–Crippen MR) is 133 cm³/mol. The fourth-order valence-corrected chi connectivity index (χ4v) is 4.15. The molecule has 4 rings (SSSR count). The van der Waals surface area contributed by atoms with Gasteiger partial charge in [-0.25, -0.2) is 4.98 Å². The maximum Gasteiger partial charge on any atom is 0.231 e. The first kappa shape index (κ1) is 23.4. The van der Waals surface area contributed by atoms with E-state index in [-0.39, 0.29) is 5.41 Å². The van der Waals surface area contributed by atoms with Crippen LogP contribution in [0.25, 0.3) is 11.4 Å². The summed E-state index contributed by atoms with van der Waals surface area (Å²) < 4.78 is 13.5. The number of hydrogen-bond acceptors (Lipinski definition) is 4. The molecule has 0 bridgehead atoms. The van der Waals surface area contributed by atoms with Gasteiger partial charge in [0.1, 0.15) is 5.82 Å². The Morgan fingerprint density at radius 1 is 1.00 bits per heavy atom. The lowest BCUT2D eigenvalue weighted by molar-refractivity contribution is 0.173. The summed E-state index contributed by atoms with van der Waals surface area (Å²) in [5, 5.41) is 0. The highest BCUT2D eigenvalue weighted by molar-refractivity contribution is 5.55. The normalized spacial score (nSPS) is 13.1. The molecular weight excluding hydrogens is 410 g/mol. The summed E-state index contributed by atoms with van der Waals surface area (Å²) in [6, 6.07) is 16.8. The second-order valence-corrected chi connectivity index (χ2v) is 10.2. The van der Waals surface area contributed by atoms with Crippen molar-refractivity contribution in [1.82, 2.24) is 14.5 Å². The largest absolute Gasteiger partial charge is 0.454 e. The van der Waals surface area contributed by atoms with E-state index < -0.39 is 0 Å². The van der Waals surface area contributed by atoms with E-state index in [9.17, 15) is 0 Å². The summed E-state index contributed by atoms with van der Waals surface area (Å²) in [5.41, 5.74) is 3.98. The molecule has 1 aromatic heterocycles. The zero-order chi connectivity index (χ0) is 23.3. The van der Waals surface area contributed by atoms with Gasteiger partial charge in [0.15, 0.2) is 11.5 Å². The second-order valence-electron chi connectivity index (χ2n) is 10.2. The van der Waals surface area contributed by atoms with Gasteiger partial charge in [0.2, 0.25) is 6.79 Å². The van der Waals surface area contributed by atoms with Gasteiger partial charge in [-0.15, -0.1) is 0 Å². The molecule has 2 aromatic carbocycles. The summed E-state index contributed by atoms with van der Waals surface area (Å²) in [6.07, 6.45) is 5.51. The lowest BCUT2D eigenvalue weighted by atomic mass is 9.92. The lowest BCUT2D eigenvalue weighted by Gasteiger charge is -2.27. The van der Waals surface area contributed by atoms with Crippen molar-refractivity contribution in [2.45, 2.75) is 66.6 Å². The number of nitrogens with zero attached hydrogens (tertiary/aromatic N) is 3. The molecule has 0 spiro atoms. The van der Waals surface area contributed by atoms with Gasteiger partial charge in [0, 0.05) is 25.2 Å². The van der Waals surface area contributed by atoms with Crippen molar-refractivity contribution in [3.8, 4) is 22.9 Å². The van der Waals surface area contributed by atoms with Crippen LogP contribution in [0.2, 0.25) is 0 Å². The van der Waals surface area contributed by atoms with Crippen LogP contribution in [0.1, 0.15) is 58.2 Å². The topological polar surface area (TPSA) is 39.5 Å². The van der Waals surface area contributed by atoms with E-state index in [1.165, 1.54) is 16.8 Å². The van der Waals surface area contributed by atoms with Crippen LogP contribution in [0.5, 0.6) is 11.5 Å². The zero-order valence-electron chi connectivity index (χ0n) is 20.5. The van der Waals surface area contributed by atoms with Crippen molar-refractivity contribution < 1.29 is 9.47 Å². The molecule has 0 fully saturated rings. The molecule has 5 heteroatoms. The molecule has 0 unspecified atom stereocenters. The number of unbranched alkanes of at least 4 members (excludes halogenated alkanes) is 1. The predicted octanol–water partition coefficient (Wildman–Crippen LogP) is 6.52. The molecule has 2 heterocycles. The Hall–Kier alpha value is -2.79. The molecule has 0 atom stereocenters. The van der Waals surface area contributed by atoms with Crippen LogP contribution in [0, 0.1) is 5.41 Å². The van der Waals surface area contributed by atoms with Crippen LogP contribution >= 0.6 is 0 Å². The van der Waals surface area contributed by atoms with Crippen LogP contribution < -0.4 is 9.47 Å². The van der Waals surface area contributed by atoms with Gasteiger partial charge < -0.3 is 14.0 Å². The van der Waals surface area contributed by atoms with Gasteiger partial charge in [-0.1, -0.05) is 70.5 Å². The number of rotatable bonds is 10. The van der Waals surface area contributed by atoms with Crippen LogP contribution in [0.4, 0.5) is 0 Å². The van der Waals surface area contributed by atoms with Crippen LogP contribution in [0.3, 0.4) is 0 Å². The quantitative estimate of drug-likeness (QED) is 0.355. The van der Waals surface area contributed by atoms with Crippen LogP contribution in [0.15, 0.2) is 54.7 Å². The molecule has 1 aliphatic heterocycles. The van der Waals surface area contributed by atoms with Crippen LogP contribution in [-0.4, -0.2) is 27.8 Å². The fourth-order valence-electron chi connectivity index (χ4n) is 4.15. The van der Waals surface area contributed by atoms with Crippen LogP contribution in [-0.2, 0) is 19.6 Å². The number of benzene rings is 2. The van der Waals surface area contributed by atoms with Gasteiger partial charge >= 0.3 is 0 Å². The van der Waals surface area contributed by atoms with Crippen molar-refractivity contribution in [1.29, 1.82) is 0 Å². The molecule has 5 nitrogen and oxygen atoms in total. The third kappa shape index (κ3) is 6.17. The maximum absolute atomic E-state index is 5.61. The van der Waals surface area contributed by atoms with Crippen molar-refractivity contribution in [2.75, 3.05) is 13.3 Å². The van der Waals surface area contributed by atoms with Gasteiger partial charge in [-0.05, 0) is 42.5 Å². The standard InChI is InChI=1S/C28H37N3O2/c1-5-6-15-31-24(18-29-27(31)23-10-8-7-9-11-23)20-30(16-14-28(2,3)4)19-22-12-13-25-26(17-22)33-21-32-25/h7-13,17-18H,5-6,14-16,19-21H2,1-4H3. The van der Waals surface area contributed by atoms with Gasteiger partial charge in [0.05, 0.1) is 11.9 Å². The molecule has 0 saturated carbocycles. The number of aromatic nitrogens is 2. The first-order valence-electron chi connectivity index (χ1n) is 12.1. The van der Waals surface area contributed by atoms with E-state index in [1.54, 1.807) is 0 Å². The average molecular weight is 448 g/mol. The first-order valence-corrected chi connectivity index (χ1v) is 12.1. The molecule has 0 radical (unpaired) electrons. The van der Waals surface area contributed by atoms with Gasteiger partial charge in [-0.2, -0.15) is 0 Å². The van der Waals surface area contributed by atoms with E-state index in [0.717, 1.165) is 62.8 Å². The Morgan fingerprint density at radius 3 is 2.55 bits per heavy atom. The highest BCUT2D eigenvalue weighted by Gasteiger charge is 2.19. The Kier molecular flexibility index (Phi) is 7.39. The van der Waals surface area contributed by atoms with Gasteiger partial charge in [-0.3, -0.25) is 4.90 Å². The van der Waals surface area contributed by atoms with E-state index in [4.69, 9.17) is 14.5 Å². The lowest BCUT2D eigenvalue weighted by Crippen LogP contribution is -2.28. The monoisotopic (exact) mass is 447 g/mol. The molecule has 0 N–H and O–H groups in total. The van der Waals surface area contributed by atoms with Crippen molar-refractivity contribution in [3.63, 3.8) is 0 Å². The van der Waals surface area contributed by atoms with Gasteiger partial charge in [0.25, 0.3) is 0 Å². The molecular formula is C28H37N3O2. The van der Waals surface area contributed by atoms with E-state index >= 15 is 0 Å². The molecule has 33 heavy (non-hydrogen) atoms. The Labute approximate surface area is 198 Å². The molecule has 3 aromatic rings. The Balaban J connectivity index is 1.58. The number of ether oxygens (including phenoxy) is 2. The summed E-state index contributed by atoms with van der Waals surface area (Å²) in [7, 11) is 0. The smallest absolute Gasteiger partial charge is 0.231 e. The SMILES string of the molecule is CCCCn1c(CN(CCC(C)(C)C)Cc2ccc3c(c2)OCO3)cnc1-c1ccccc1. The minimum Gasteiger partial charge on any atom is -0.454 e. The third-order valence-electron chi connectivity index (χ3n) is 6.11. The zero-order valence-corrected chi connectivity index (χ0v) is 20.5. The van der Waals surface area contributed by atoms with E-state index in [0.29, 0.717) is 6.79 Å². The molecule has 0 amide bonds. The second kappa shape index (κ2) is 10.4. The average Bonchev–Trinajstić information content (AvgIpc) is 3.42. The van der Waals surface area contributed by atoms with Crippen molar-refractivity contribution in [2.24, 2.45) is 5.41 Å². The van der Waals surface area contributed by atoms with E-state index in [2.05, 4.69) is 85.8 Å². The summed E-state index contributed by atoms with van der Waals surface area (Å²) in [4.78, 5) is 7.39. The molecule has 0 aliphatic carbocycles. The summed E-state index contributed by atoms with van der Waals surface area (Å²) in [6.45, 7) is 13.2. The number of fused-ring (bicyclic) bond motifs is 1. The first-order chi connectivity index (χ1) is 15.9. The number of imidazole rings is 1. The molecule has 0 saturated heterocycles. The summed E-state index contributed by atoms with van der Waals surface area (Å²) in [5.74, 6) is 2.76. The summed E-state index contributed by atoms with van der Waals surface area (Å²) >= 11 is 0. The minimum atomic E-state index is 0.283. The third-order valence-corrected chi connectivity index (χ3v) is 6.11. The minimum absolute atomic E-state index is 0.283. The number of hydrogen-bond donors (Lipinski definition) is 0. The highest BCUT2D eigenvalue weighted by atomic mass is 16.7. The van der Waals surface area contributed by atoms with E-state index in [1.807, 2.05) is 6.07 Å². The Morgan fingerprint density at radius 2 is 1.79 bits per heavy atom. The van der Waals surface area contributed by atoms with Crippen molar-refractivity contribution in [3.05, 3.63) is 66.0 Å². The maximum atomic E-state index is 5.61. The molecule has 1 aliphatic rings. The molecule has 176 valence electrons. The van der Waals surface area contributed by atoms with Crippen molar-refractivity contribution >= 4 is 0 Å².